The van der Waals surface area contributed by atoms with Crippen LogP contribution in [0.1, 0.15) is 48.3 Å². The Morgan fingerprint density at radius 1 is 1.37 bits per heavy atom. The highest BCUT2D eigenvalue weighted by molar-refractivity contribution is 5.95. The van der Waals surface area contributed by atoms with E-state index in [9.17, 15) is 14.6 Å². The van der Waals surface area contributed by atoms with Crippen LogP contribution in [0.25, 0.3) is 16.1 Å². The number of fused-ring (bicyclic) bond motifs is 1. The number of nitroso groups, excluding NO2 is 2. The van der Waals surface area contributed by atoms with Gasteiger partial charge in [-0.15, -0.1) is 4.91 Å². The van der Waals surface area contributed by atoms with E-state index in [0.717, 1.165) is 25.7 Å². The second kappa shape index (κ2) is 7.92. The highest BCUT2D eigenvalue weighted by atomic mass is 16.3. The first-order valence-corrected chi connectivity index (χ1v) is 8.61. The molecule has 0 aliphatic heterocycles. The maximum Gasteiger partial charge on any atom is 0.270 e. The van der Waals surface area contributed by atoms with Crippen LogP contribution in [0.4, 0.5) is 5.69 Å². The van der Waals surface area contributed by atoms with Gasteiger partial charge in [-0.05, 0) is 42.1 Å². The molecule has 0 bridgehead atoms. The highest BCUT2D eigenvalue weighted by Crippen LogP contribution is 2.35. The smallest absolute Gasteiger partial charge is 0.270 e. The lowest BCUT2D eigenvalue weighted by atomic mass is 9.95. The lowest BCUT2D eigenvalue weighted by Crippen LogP contribution is -2.32. The third-order valence-corrected chi connectivity index (χ3v) is 4.90. The van der Waals surface area contributed by atoms with Gasteiger partial charge in [-0.2, -0.15) is 4.91 Å². The van der Waals surface area contributed by atoms with Crippen LogP contribution in [-0.4, -0.2) is 27.4 Å². The maximum atomic E-state index is 12.7. The number of carbonyl (C=O) groups is 1. The first-order valence-electron chi connectivity index (χ1n) is 8.61. The molecule has 0 atom stereocenters. The molecular weight excluding hydrogens is 352 g/mol. The summed E-state index contributed by atoms with van der Waals surface area (Å²) in [5.41, 5.74) is 8.66. The quantitative estimate of drug-likeness (QED) is 0.325. The molecule has 140 valence electrons. The van der Waals surface area contributed by atoms with Crippen molar-refractivity contribution in [1.82, 2.24) is 14.7 Å². The van der Waals surface area contributed by atoms with Crippen molar-refractivity contribution in [3.05, 3.63) is 50.0 Å². The van der Waals surface area contributed by atoms with Gasteiger partial charge in [0.25, 0.3) is 5.91 Å². The van der Waals surface area contributed by atoms with Crippen LogP contribution in [-0.2, 0) is 6.54 Å². The summed E-state index contributed by atoms with van der Waals surface area (Å²) in [5, 5.41) is 12.4. The Kier molecular flexibility index (Phi) is 5.41. The van der Waals surface area contributed by atoms with Crippen molar-refractivity contribution in [2.45, 2.75) is 44.2 Å². The zero-order chi connectivity index (χ0) is 19.3. The van der Waals surface area contributed by atoms with Crippen molar-refractivity contribution >= 4 is 17.2 Å². The Labute approximate surface area is 153 Å². The van der Waals surface area contributed by atoms with Gasteiger partial charge < -0.3 is 5.32 Å². The summed E-state index contributed by atoms with van der Waals surface area (Å²) in [6.07, 6.45) is 5.44. The molecule has 11 nitrogen and oxygen atoms in total. The average molecular weight is 370 g/mol. The van der Waals surface area contributed by atoms with E-state index < -0.39 is 11.4 Å². The second-order valence-electron chi connectivity index (χ2n) is 6.50. The number of nitrogens with zero attached hydrogens (tertiary/aromatic N) is 7. The van der Waals surface area contributed by atoms with E-state index in [0.29, 0.717) is 6.42 Å². The Morgan fingerprint density at radius 3 is 2.81 bits per heavy atom. The van der Waals surface area contributed by atoms with Crippen LogP contribution in [0.15, 0.2) is 33.8 Å². The molecule has 11 heteroatoms. The summed E-state index contributed by atoms with van der Waals surface area (Å²) in [4.78, 5) is 41.8. The van der Waals surface area contributed by atoms with Gasteiger partial charge in [0.15, 0.2) is 11.3 Å². The molecule has 2 aromatic heterocycles. The number of aromatic nitrogens is 2. The number of rotatable bonds is 8. The molecule has 0 saturated heterocycles. The van der Waals surface area contributed by atoms with Crippen molar-refractivity contribution in [2.24, 2.45) is 15.5 Å². The van der Waals surface area contributed by atoms with Gasteiger partial charge in [-0.1, -0.05) is 23.1 Å². The average Bonchev–Trinajstić information content (AvgIpc) is 3.30. The molecule has 1 saturated carbocycles. The summed E-state index contributed by atoms with van der Waals surface area (Å²) in [6.45, 7) is 0.142. The Bertz CT molecular complexity index is 925. The van der Waals surface area contributed by atoms with Crippen LogP contribution in [0.3, 0.4) is 0 Å². The van der Waals surface area contributed by atoms with Gasteiger partial charge in [-0.3, -0.25) is 9.20 Å². The number of azide groups is 1. The van der Waals surface area contributed by atoms with Gasteiger partial charge in [-0.25, -0.2) is 4.98 Å². The van der Waals surface area contributed by atoms with Crippen molar-refractivity contribution in [2.75, 3.05) is 6.54 Å². The number of imidazole rings is 1. The molecule has 0 aromatic carbocycles. The molecule has 0 spiro atoms. The van der Waals surface area contributed by atoms with Gasteiger partial charge in [0, 0.05) is 17.7 Å². The van der Waals surface area contributed by atoms with E-state index in [1.54, 1.807) is 12.3 Å². The number of hydrogen-bond acceptors (Lipinski definition) is 7. The number of pyridine rings is 1. The molecule has 1 aliphatic carbocycles. The van der Waals surface area contributed by atoms with Gasteiger partial charge in [0.05, 0.1) is 12.2 Å². The van der Waals surface area contributed by atoms with Crippen LogP contribution in [0.2, 0.25) is 0 Å². The molecule has 0 unspecified atom stereocenters. The Morgan fingerprint density at radius 2 is 2.15 bits per heavy atom. The molecule has 1 aliphatic rings. The van der Waals surface area contributed by atoms with Crippen molar-refractivity contribution in [1.29, 1.82) is 0 Å². The van der Waals surface area contributed by atoms with Crippen LogP contribution in [0.5, 0.6) is 0 Å². The van der Waals surface area contributed by atoms with Gasteiger partial charge in [0.1, 0.15) is 11.2 Å². The topological polar surface area (TPSA) is 154 Å². The number of amides is 1. The zero-order valence-corrected chi connectivity index (χ0v) is 14.5. The largest absolute Gasteiger partial charge is 0.351 e. The molecule has 2 aromatic rings. The SMILES string of the molecule is [N-]=[N+]=NCc1nc2c(N=O)cccn2c1C(=O)NCCC1(N=O)CCCC1. The van der Waals surface area contributed by atoms with Crippen molar-refractivity contribution in [3.63, 3.8) is 0 Å². The number of hydrogen-bond donors (Lipinski definition) is 1. The monoisotopic (exact) mass is 370 g/mol. The van der Waals surface area contributed by atoms with Crippen molar-refractivity contribution < 1.29 is 4.79 Å². The van der Waals surface area contributed by atoms with Gasteiger partial charge >= 0.3 is 0 Å². The standard InChI is InChI=1S/C16H18N8O3/c17-23-19-10-12-13(24-9-3-4-11(21-26)14(24)20-12)15(25)18-8-7-16(22-27)5-1-2-6-16/h3-4,9H,1-2,5-8,10H2,(H,18,25). The van der Waals surface area contributed by atoms with Crippen LogP contribution >= 0.6 is 0 Å². The molecule has 27 heavy (non-hydrogen) atoms. The fourth-order valence-corrected chi connectivity index (χ4v) is 3.53. The summed E-state index contributed by atoms with van der Waals surface area (Å²) >= 11 is 0. The lowest BCUT2D eigenvalue weighted by Gasteiger charge is -2.19. The normalized spacial score (nSPS) is 15.3. The molecule has 1 N–H and O–H groups in total. The van der Waals surface area contributed by atoms with E-state index in [1.807, 2.05) is 0 Å². The Balaban J connectivity index is 1.85. The fourth-order valence-electron chi connectivity index (χ4n) is 3.53. The predicted molar refractivity (Wildman–Crippen MR) is 97.4 cm³/mol. The number of carbonyl (C=O) groups excluding carboxylic acids is 1. The van der Waals surface area contributed by atoms with Crippen molar-refractivity contribution in [3.8, 4) is 0 Å². The summed E-state index contributed by atoms with van der Waals surface area (Å²) < 4.78 is 1.44. The fraction of sp³-hybridized carbons (Fsp3) is 0.500. The van der Waals surface area contributed by atoms with Crippen LogP contribution in [0, 0.1) is 9.81 Å². The predicted octanol–water partition coefficient (Wildman–Crippen LogP) is 3.74. The third kappa shape index (κ3) is 3.63. The summed E-state index contributed by atoms with van der Waals surface area (Å²) in [5.74, 6) is -0.437. The number of nitrogens with one attached hydrogen (secondary N) is 1. The lowest BCUT2D eigenvalue weighted by molar-refractivity contribution is 0.0943. The van der Waals surface area contributed by atoms with E-state index in [4.69, 9.17) is 5.53 Å². The first kappa shape index (κ1) is 18.5. The minimum Gasteiger partial charge on any atom is -0.351 e. The Hall–Kier alpha value is -3.33. The molecule has 1 fully saturated rings. The first-order chi connectivity index (χ1) is 13.1. The minimum absolute atomic E-state index is 0.0776. The van der Waals surface area contributed by atoms with E-state index in [1.165, 1.54) is 10.5 Å². The van der Waals surface area contributed by atoms with Crippen LogP contribution < -0.4 is 5.32 Å². The van der Waals surface area contributed by atoms with Gasteiger partial charge in [0.2, 0.25) is 0 Å². The highest BCUT2D eigenvalue weighted by Gasteiger charge is 2.35. The molecular formula is C16H18N8O3. The van der Waals surface area contributed by atoms with E-state index in [-0.39, 0.29) is 35.8 Å². The van der Waals surface area contributed by atoms with E-state index in [2.05, 4.69) is 30.7 Å². The zero-order valence-electron chi connectivity index (χ0n) is 14.5. The third-order valence-electron chi connectivity index (χ3n) is 4.90. The van der Waals surface area contributed by atoms with E-state index >= 15 is 0 Å². The molecule has 3 rings (SSSR count). The molecule has 1 amide bonds. The second-order valence-corrected chi connectivity index (χ2v) is 6.50. The minimum atomic E-state index is -0.602. The summed E-state index contributed by atoms with van der Waals surface area (Å²) in [6, 6.07) is 3.05. The molecule has 2 heterocycles. The summed E-state index contributed by atoms with van der Waals surface area (Å²) in [7, 11) is 0. The maximum absolute atomic E-state index is 12.7. The molecule has 0 radical (unpaired) electrons.